The van der Waals surface area contributed by atoms with Crippen LogP contribution in [0.5, 0.6) is 34.5 Å². The quantitative estimate of drug-likeness (QED) is 0.0815. The van der Waals surface area contributed by atoms with Gasteiger partial charge in [0.15, 0.2) is 11.5 Å². The molecule has 6 aromatic carbocycles. The summed E-state index contributed by atoms with van der Waals surface area (Å²) in [4.78, 5) is 0. The second kappa shape index (κ2) is 18.1. The second-order valence-corrected chi connectivity index (χ2v) is 15.6. The predicted molar refractivity (Wildman–Crippen MR) is 223 cm³/mol. The molecule has 0 bridgehead atoms. The van der Waals surface area contributed by atoms with Crippen molar-refractivity contribution < 1.29 is 56.8 Å². The van der Waals surface area contributed by atoms with Gasteiger partial charge in [0, 0.05) is 0 Å². The number of ether oxygens (including phenoxy) is 12. The minimum atomic E-state index is 0.237. The molecule has 6 aromatic rings. The molecule has 6 aliphatic rings. The van der Waals surface area contributed by atoms with Gasteiger partial charge < -0.3 is 56.8 Å². The molecular weight excluding hydrogens is 769 g/mol. The predicted octanol–water partition coefficient (Wildman–Crippen LogP) is 7.19. The van der Waals surface area contributed by atoms with Gasteiger partial charge in [-0.3, -0.25) is 0 Å². The number of hydrogen-bond donors (Lipinski definition) is 0. The summed E-state index contributed by atoms with van der Waals surface area (Å²) >= 11 is 0. The summed E-state index contributed by atoms with van der Waals surface area (Å²) in [6.07, 6.45) is 1.59. The van der Waals surface area contributed by atoms with Crippen molar-refractivity contribution in [3.8, 4) is 34.5 Å². The fourth-order valence-electron chi connectivity index (χ4n) is 6.30. The molecule has 6 saturated heterocycles. The Hall–Kier alpha value is -5.34. The summed E-state index contributed by atoms with van der Waals surface area (Å²) in [5, 5.41) is 6.88. The molecule has 12 heteroatoms. The molecule has 6 fully saturated rings. The maximum atomic E-state index is 5.83. The van der Waals surface area contributed by atoms with E-state index in [0.29, 0.717) is 39.6 Å². The van der Waals surface area contributed by atoms with Crippen LogP contribution in [-0.2, 0) is 28.4 Å². The van der Waals surface area contributed by atoms with Crippen LogP contribution in [0, 0.1) is 0 Å². The Morgan fingerprint density at radius 2 is 0.567 bits per heavy atom. The highest BCUT2D eigenvalue weighted by Crippen LogP contribution is 2.34. The topological polar surface area (TPSA) is 131 Å². The van der Waals surface area contributed by atoms with Gasteiger partial charge in [0.25, 0.3) is 0 Å². The molecular formula is C48H48O12. The molecule has 12 rings (SSSR count). The fraction of sp³-hybridized carbons (Fsp3) is 0.375. The monoisotopic (exact) mass is 816 g/mol. The van der Waals surface area contributed by atoms with Crippen molar-refractivity contribution in [2.24, 2.45) is 0 Å². The van der Waals surface area contributed by atoms with Crippen molar-refractivity contribution in [3.05, 3.63) is 109 Å². The highest BCUT2D eigenvalue weighted by molar-refractivity contribution is 5.87. The van der Waals surface area contributed by atoms with Gasteiger partial charge in [-0.2, -0.15) is 0 Å². The second-order valence-electron chi connectivity index (χ2n) is 15.6. The van der Waals surface area contributed by atoms with Crippen molar-refractivity contribution in [2.45, 2.75) is 36.6 Å². The third-order valence-corrected chi connectivity index (χ3v) is 10.4. The van der Waals surface area contributed by atoms with Crippen LogP contribution in [0.1, 0.15) is 0 Å². The van der Waals surface area contributed by atoms with Gasteiger partial charge in [0.1, 0.15) is 99.3 Å². The van der Waals surface area contributed by atoms with Crippen LogP contribution in [0.2, 0.25) is 0 Å². The molecule has 0 spiro atoms. The minimum Gasteiger partial charge on any atom is -0.491 e. The van der Waals surface area contributed by atoms with Gasteiger partial charge in [-0.15, -0.1) is 0 Å². The molecule has 0 aromatic heterocycles. The zero-order valence-electron chi connectivity index (χ0n) is 33.2. The first-order chi connectivity index (χ1) is 29.6. The molecule has 6 atom stereocenters. The zero-order valence-corrected chi connectivity index (χ0v) is 33.2. The SMILES string of the molecule is c1cc2cc(OCC3CO3)ccc2cc1OCC1CO1.c1cc2ccc(OCC3CO3)cc2cc1OCC1CO1.c1ccc2cc(OCC3CO3)c(OCC3CO3)cc2c1. The Labute approximate surface area is 347 Å². The van der Waals surface area contributed by atoms with Gasteiger partial charge in [-0.05, 0) is 93.0 Å². The number of epoxide rings is 6. The van der Waals surface area contributed by atoms with Crippen molar-refractivity contribution in [2.75, 3.05) is 79.3 Å². The van der Waals surface area contributed by atoms with Gasteiger partial charge in [-0.1, -0.05) is 48.5 Å². The average Bonchev–Trinajstić information content (AvgIpc) is 4.08. The molecule has 6 unspecified atom stereocenters. The number of fused-ring (bicyclic) bond motifs is 3. The molecule has 0 saturated carbocycles. The van der Waals surface area contributed by atoms with Gasteiger partial charge in [0.05, 0.1) is 39.6 Å². The lowest BCUT2D eigenvalue weighted by Gasteiger charge is -2.13. The van der Waals surface area contributed by atoms with Crippen LogP contribution >= 0.6 is 0 Å². The normalized spacial score (nSPS) is 23.6. The van der Waals surface area contributed by atoms with Gasteiger partial charge in [-0.25, -0.2) is 0 Å². The van der Waals surface area contributed by atoms with Crippen molar-refractivity contribution in [1.29, 1.82) is 0 Å². The largest absolute Gasteiger partial charge is 0.491 e. The van der Waals surface area contributed by atoms with Crippen molar-refractivity contribution >= 4 is 32.3 Å². The molecule has 12 nitrogen and oxygen atoms in total. The lowest BCUT2D eigenvalue weighted by molar-refractivity contribution is 0.228. The van der Waals surface area contributed by atoms with Crippen LogP contribution < -0.4 is 28.4 Å². The lowest BCUT2D eigenvalue weighted by Crippen LogP contribution is -2.08. The summed E-state index contributed by atoms with van der Waals surface area (Å²) < 4.78 is 65.3. The summed E-state index contributed by atoms with van der Waals surface area (Å²) in [5.41, 5.74) is 0. The molecule has 0 N–H and O–H groups in total. The Balaban J connectivity index is 0.000000108. The molecule has 0 aliphatic carbocycles. The van der Waals surface area contributed by atoms with E-state index in [0.717, 1.165) is 101 Å². The Kier molecular flexibility index (Phi) is 11.7. The van der Waals surface area contributed by atoms with E-state index < -0.39 is 0 Å². The van der Waals surface area contributed by atoms with Crippen LogP contribution in [0.15, 0.2) is 109 Å². The van der Waals surface area contributed by atoms with E-state index >= 15 is 0 Å². The maximum Gasteiger partial charge on any atom is 0.161 e. The first-order valence-electron chi connectivity index (χ1n) is 20.7. The van der Waals surface area contributed by atoms with E-state index in [4.69, 9.17) is 56.8 Å². The van der Waals surface area contributed by atoms with E-state index in [9.17, 15) is 0 Å². The molecule has 312 valence electrons. The number of benzene rings is 6. The van der Waals surface area contributed by atoms with E-state index in [-0.39, 0.29) is 36.6 Å². The standard InChI is InChI=1S/3C16H16O4/c1-3-13(17-7-15-9-19-15)6-12-2-4-14(5-11(1)12)18-8-16-10-20-16;1-3-13(17-7-15-9-19-15)5-12-6-14(4-2-11(1)12)18-8-16-10-20-16;1-2-4-12-6-16(20-10-14-8-18-14)15(5-11(12)3-1)19-9-13-7-17-13/h2*1-6,15-16H,7-10H2;1-6,13-14H,7-10H2. The molecule has 6 heterocycles. The van der Waals surface area contributed by atoms with E-state index in [1.54, 1.807) is 0 Å². The summed E-state index contributed by atoms with van der Waals surface area (Å²) in [6, 6.07) is 36.6. The Bertz CT molecular complexity index is 2220. The average molecular weight is 817 g/mol. The highest BCUT2D eigenvalue weighted by Gasteiger charge is 2.27. The summed E-state index contributed by atoms with van der Waals surface area (Å²) in [6.45, 7) is 8.52. The van der Waals surface area contributed by atoms with Crippen LogP contribution in [0.3, 0.4) is 0 Å². The molecule has 0 amide bonds. The fourth-order valence-corrected chi connectivity index (χ4v) is 6.30. The zero-order chi connectivity index (χ0) is 40.1. The van der Waals surface area contributed by atoms with Crippen LogP contribution in [0.4, 0.5) is 0 Å². The van der Waals surface area contributed by atoms with Gasteiger partial charge in [0.2, 0.25) is 0 Å². The number of rotatable bonds is 18. The highest BCUT2D eigenvalue weighted by atomic mass is 16.6. The number of hydrogen-bond acceptors (Lipinski definition) is 12. The Morgan fingerprint density at radius 1 is 0.300 bits per heavy atom. The first kappa shape index (κ1) is 38.8. The smallest absolute Gasteiger partial charge is 0.161 e. The van der Waals surface area contributed by atoms with Crippen LogP contribution in [-0.4, -0.2) is 116 Å². The first-order valence-corrected chi connectivity index (χ1v) is 20.7. The molecule has 0 radical (unpaired) electrons. The third kappa shape index (κ3) is 11.7. The molecule has 60 heavy (non-hydrogen) atoms. The summed E-state index contributed by atoms with van der Waals surface area (Å²) in [5.74, 6) is 5.06. The maximum absolute atomic E-state index is 5.83. The third-order valence-electron chi connectivity index (χ3n) is 10.4. The van der Waals surface area contributed by atoms with Crippen molar-refractivity contribution in [1.82, 2.24) is 0 Å². The van der Waals surface area contributed by atoms with E-state index in [1.165, 1.54) is 5.39 Å². The van der Waals surface area contributed by atoms with Crippen molar-refractivity contribution in [3.63, 3.8) is 0 Å². The van der Waals surface area contributed by atoms with Gasteiger partial charge >= 0.3 is 0 Å². The summed E-state index contributed by atoms with van der Waals surface area (Å²) in [7, 11) is 0. The lowest BCUT2D eigenvalue weighted by atomic mass is 10.1. The van der Waals surface area contributed by atoms with Crippen LogP contribution in [0.25, 0.3) is 32.3 Å². The van der Waals surface area contributed by atoms with E-state index in [1.807, 2.05) is 72.8 Å². The van der Waals surface area contributed by atoms with E-state index in [2.05, 4.69) is 36.4 Å². The minimum absolute atomic E-state index is 0.237. The Morgan fingerprint density at radius 3 is 0.883 bits per heavy atom. The molecule has 6 aliphatic heterocycles.